The molecular formula is C6H12Cl3MoO5P. The Kier molecular flexibility index (Phi) is 8.96. The molecule has 1 heterocycles. The summed E-state index contributed by atoms with van der Waals surface area (Å²) in [4.78, 5) is 0. The van der Waals surface area contributed by atoms with E-state index >= 15 is 0 Å². The monoisotopic (exact) mass is 398 g/mol. The molecule has 0 aromatic carbocycles. The summed E-state index contributed by atoms with van der Waals surface area (Å²) in [5, 5.41) is 0. The second kappa shape index (κ2) is 8.06. The van der Waals surface area contributed by atoms with E-state index in [1.165, 1.54) is 0 Å². The Morgan fingerprint density at radius 3 is 1.25 bits per heavy atom. The van der Waals surface area contributed by atoms with Crippen LogP contribution in [-0.4, -0.2) is 37.5 Å². The van der Waals surface area contributed by atoms with E-state index in [1.807, 2.05) is 0 Å². The van der Waals surface area contributed by atoms with Crippen molar-refractivity contribution in [2.24, 2.45) is 0 Å². The molecule has 0 saturated carbocycles. The third-order valence-corrected chi connectivity index (χ3v) is 4.18. The first-order valence-electron chi connectivity index (χ1n) is 4.25. The molecule has 1 aliphatic heterocycles. The van der Waals surface area contributed by atoms with E-state index < -0.39 is 7.74 Å². The van der Waals surface area contributed by atoms with Gasteiger partial charge in [-0.1, -0.05) is 0 Å². The summed E-state index contributed by atoms with van der Waals surface area (Å²) in [6.45, 7) is 0.595. The van der Waals surface area contributed by atoms with Crippen molar-refractivity contribution in [1.29, 1.82) is 0 Å². The van der Waals surface area contributed by atoms with Gasteiger partial charge in [-0.05, 0) is 0 Å². The minimum atomic E-state index is -3.79. The molecule has 98 valence electrons. The van der Waals surface area contributed by atoms with Gasteiger partial charge in [0.1, 0.15) is 0 Å². The molecule has 1 aliphatic rings. The van der Waals surface area contributed by atoms with Crippen molar-refractivity contribution in [2.45, 2.75) is 0 Å². The number of hydrogen-bond donors (Lipinski definition) is 0. The summed E-state index contributed by atoms with van der Waals surface area (Å²) >= 11 is 16.5. The van der Waals surface area contributed by atoms with Gasteiger partial charge in [-0.25, -0.2) is 0 Å². The zero-order valence-electron chi connectivity index (χ0n) is 8.27. The molecule has 1 saturated heterocycles. The van der Waals surface area contributed by atoms with Crippen molar-refractivity contribution in [3.05, 3.63) is 0 Å². The van der Waals surface area contributed by atoms with E-state index in [9.17, 15) is 0 Å². The van der Waals surface area contributed by atoms with Crippen LogP contribution in [0.15, 0.2) is 0 Å². The zero-order chi connectivity index (χ0) is 11.2. The number of rotatable bonds is 9. The van der Waals surface area contributed by atoms with Crippen molar-refractivity contribution in [1.82, 2.24) is 0 Å². The van der Waals surface area contributed by atoms with Crippen molar-refractivity contribution in [3.8, 4) is 0 Å². The van der Waals surface area contributed by atoms with Crippen LogP contribution in [0.5, 0.6) is 0 Å². The van der Waals surface area contributed by atoms with Gasteiger partial charge in [0, 0.05) is 21.1 Å². The molecule has 1 fully saturated rings. The summed E-state index contributed by atoms with van der Waals surface area (Å²) < 4.78 is 25.4. The first kappa shape index (κ1) is 17.8. The fourth-order valence-corrected chi connectivity index (χ4v) is 3.36. The molecule has 0 atom stereocenters. The molecule has 0 spiro atoms. The standard InChI is InChI=1S/C6H12Cl3O5P.Mo/c7-1-4-10-15(13-14-15,11-5-2-8)12-6-3-9;/h1-6H2;. The van der Waals surface area contributed by atoms with Crippen molar-refractivity contribution in [2.75, 3.05) is 37.5 Å². The quantitative estimate of drug-likeness (QED) is 0.197. The summed E-state index contributed by atoms with van der Waals surface area (Å²) in [7, 11) is -3.79. The Labute approximate surface area is 123 Å². The SMILES string of the molecule is ClCCOP1(OCCCl)(OCCCl)OO1.[Mo]. The predicted octanol–water partition coefficient (Wildman–Crippen LogP) is 2.84. The molecule has 5 nitrogen and oxygen atoms in total. The molecule has 10 heteroatoms. The number of halogens is 3. The number of hydrogen-bond acceptors (Lipinski definition) is 5. The number of alkyl halides is 3. The van der Waals surface area contributed by atoms with Crippen molar-refractivity contribution in [3.63, 3.8) is 0 Å². The van der Waals surface area contributed by atoms with Gasteiger partial charge in [0.25, 0.3) is 0 Å². The summed E-state index contributed by atoms with van der Waals surface area (Å²) in [6.07, 6.45) is 0. The zero-order valence-corrected chi connectivity index (χ0v) is 13.4. The Morgan fingerprint density at radius 1 is 0.750 bits per heavy atom. The average Bonchev–Trinajstić information content (AvgIpc) is 2.99. The molecule has 0 aliphatic carbocycles. The Hall–Kier alpha value is 1.79. The largest absolute Gasteiger partial charge is 0 e. The fraction of sp³-hybridized carbons (Fsp3) is 1.00. The maximum absolute atomic E-state index is 5.49. The van der Waals surface area contributed by atoms with Crippen molar-refractivity contribution < 1.29 is 44.0 Å². The van der Waals surface area contributed by atoms with Crippen LogP contribution in [0.3, 0.4) is 0 Å². The second-order valence-electron chi connectivity index (χ2n) is 2.46. The van der Waals surface area contributed by atoms with Crippen LogP contribution in [-0.2, 0) is 44.0 Å². The maximum Gasteiger partial charge on any atom is 0 e. The molecule has 0 amide bonds. The van der Waals surface area contributed by atoms with Crippen molar-refractivity contribution >= 4 is 42.5 Å². The van der Waals surface area contributed by atoms with Crippen LogP contribution in [0.25, 0.3) is 0 Å². The van der Waals surface area contributed by atoms with Gasteiger partial charge < -0.3 is 0 Å². The first-order valence-corrected chi connectivity index (χ1v) is 7.68. The molecule has 0 aromatic rings. The van der Waals surface area contributed by atoms with Crippen LogP contribution in [0.1, 0.15) is 0 Å². The molecule has 0 aromatic heterocycles. The topological polar surface area (TPSA) is 52.8 Å². The van der Waals surface area contributed by atoms with E-state index in [4.69, 9.17) is 57.7 Å². The first-order chi connectivity index (χ1) is 7.20. The maximum atomic E-state index is 5.49. The minimum Gasteiger partial charge on any atom is 0 e. The minimum absolute atomic E-state index is 0. The molecule has 0 radical (unpaired) electrons. The normalized spacial score (nSPS) is 22.8. The summed E-state index contributed by atoms with van der Waals surface area (Å²) in [5.41, 5.74) is 0. The van der Waals surface area contributed by atoms with Gasteiger partial charge in [-0.15, -0.1) is 0 Å². The van der Waals surface area contributed by atoms with Crippen LogP contribution in [0.4, 0.5) is 0 Å². The molecule has 0 unspecified atom stereocenters. The summed E-state index contributed by atoms with van der Waals surface area (Å²) in [5.74, 6) is 0.831. The summed E-state index contributed by atoms with van der Waals surface area (Å²) in [6, 6.07) is 0. The third kappa shape index (κ3) is 4.81. The second-order valence-corrected chi connectivity index (χ2v) is 6.16. The van der Waals surface area contributed by atoms with E-state index in [2.05, 4.69) is 0 Å². The smallest absolute Gasteiger partial charge is 0 e. The Morgan fingerprint density at radius 2 is 1.06 bits per heavy atom. The molecular weight excluding hydrogens is 385 g/mol. The van der Waals surface area contributed by atoms with Crippen LogP contribution < -0.4 is 0 Å². The third-order valence-electron chi connectivity index (χ3n) is 1.39. The van der Waals surface area contributed by atoms with E-state index in [1.54, 1.807) is 0 Å². The van der Waals surface area contributed by atoms with E-state index in [0.717, 1.165) is 0 Å². The Balaban J connectivity index is 0.00000225. The van der Waals surface area contributed by atoms with E-state index in [-0.39, 0.29) is 58.5 Å². The van der Waals surface area contributed by atoms with E-state index in [0.29, 0.717) is 0 Å². The van der Waals surface area contributed by atoms with Gasteiger partial charge in [0.2, 0.25) is 0 Å². The fourth-order valence-electron chi connectivity index (χ4n) is 0.832. The van der Waals surface area contributed by atoms with Crippen LogP contribution in [0.2, 0.25) is 0 Å². The Bertz CT molecular complexity index is 180. The van der Waals surface area contributed by atoms with Gasteiger partial charge in [-0.2, -0.15) is 0 Å². The predicted molar refractivity (Wildman–Crippen MR) is 59.1 cm³/mol. The molecule has 1 rings (SSSR count). The van der Waals surface area contributed by atoms with Gasteiger partial charge in [0.15, 0.2) is 0 Å². The van der Waals surface area contributed by atoms with Crippen LogP contribution in [0, 0.1) is 0 Å². The average molecular weight is 397 g/mol. The van der Waals surface area contributed by atoms with Crippen LogP contribution >= 0.6 is 42.5 Å². The van der Waals surface area contributed by atoms with Gasteiger partial charge >= 0.3 is 103 Å². The molecule has 16 heavy (non-hydrogen) atoms. The molecule has 0 N–H and O–H groups in total. The molecule has 0 bridgehead atoms. The van der Waals surface area contributed by atoms with Gasteiger partial charge in [0.05, 0.1) is 0 Å². The van der Waals surface area contributed by atoms with Gasteiger partial charge in [-0.3, -0.25) is 0 Å².